The van der Waals surface area contributed by atoms with Crippen molar-refractivity contribution in [1.29, 1.82) is 0 Å². The number of hydrogen-bond acceptors (Lipinski definition) is 2. The Hall–Kier alpha value is -6.12. The maximum Gasteiger partial charge on any atom is 0.160 e. The van der Waals surface area contributed by atoms with E-state index in [0.29, 0.717) is 5.82 Å². The first-order valence-electron chi connectivity index (χ1n) is 16.9. The Morgan fingerprint density at radius 3 is 1.69 bits per heavy atom. The van der Waals surface area contributed by atoms with Crippen LogP contribution < -0.4 is 0 Å². The highest BCUT2D eigenvalue weighted by atomic mass is 14.9. The van der Waals surface area contributed by atoms with E-state index < -0.39 is 0 Å². The van der Waals surface area contributed by atoms with Crippen LogP contribution in [0.2, 0.25) is 0 Å². The van der Waals surface area contributed by atoms with Gasteiger partial charge < -0.3 is 0 Å². The zero-order valence-electron chi connectivity index (χ0n) is 27.6. The van der Waals surface area contributed by atoms with Gasteiger partial charge in [-0.15, -0.1) is 0 Å². The molecular formula is C47H34N2. The summed E-state index contributed by atoms with van der Waals surface area (Å²) in [6.45, 7) is 4.73. The molecule has 0 atom stereocenters. The minimum absolute atomic E-state index is 0.112. The van der Waals surface area contributed by atoms with E-state index in [1.54, 1.807) is 0 Å². The fraction of sp³-hybridized carbons (Fsp3) is 0.0638. The predicted octanol–water partition coefficient (Wildman–Crippen LogP) is 12.3. The number of aromatic nitrogens is 2. The average molecular weight is 627 g/mol. The molecule has 0 saturated heterocycles. The second-order valence-electron chi connectivity index (χ2n) is 13.4. The highest BCUT2D eigenvalue weighted by Crippen LogP contribution is 2.54. The van der Waals surface area contributed by atoms with Gasteiger partial charge in [-0.1, -0.05) is 159 Å². The lowest BCUT2D eigenvalue weighted by molar-refractivity contribution is 0.666. The zero-order valence-corrected chi connectivity index (χ0v) is 27.6. The summed E-state index contributed by atoms with van der Waals surface area (Å²) in [5.41, 5.74) is 15.0. The third kappa shape index (κ3) is 4.96. The SMILES string of the molecule is CC1(C)c2ccccc2-c2c(-c3cccc(-c4cc(-c5cccc(-c6ccccc6)c5)nc(-c5ccccc5)n4)c3)cc3ccccc3c21. The Morgan fingerprint density at radius 1 is 0.408 bits per heavy atom. The summed E-state index contributed by atoms with van der Waals surface area (Å²) in [4.78, 5) is 10.3. The molecule has 0 radical (unpaired) electrons. The van der Waals surface area contributed by atoms with Crippen LogP contribution in [0.4, 0.5) is 0 Å². The van der Waals surface area contributed by atoms with Crippen molar-refractivity contribution >= 4 is 10.8 Å². The van der Waals surface area contributed by atoms with Gasteiger partial charge in [0.15, 0.2) is 5.82 Å². The van der Waals surface area contributed by atoms with Gasteiger partial charge in [0.25, 0.3) is 0 Å². The van der Waals surface area contributed by atoms with Crippen molar-refractivity contribution in [3.8, 4) is 67.3 Å². The highest BCUT2D eigenvalue weighted by Gasteiger charge is 2.38. The number of fused-ring (bicyclic) bond motifs is 5. The van der Waals surface area contributed by atoms with Crippen molar-refractivity contribution in [2.45, 2.75) is 19.3 Å². The maximum absolute atomic E-state index is 5.19. The molecule has 1 aliphatic rings. The number of hydrogen-bond donors (Lipinski definition) is 0. The maximum atomic E-state index is 5.19. The van der Waals surface area contributed by atoms with Crippen molar-refractivity contribution < 1.29 is 0 Å². The second-order valence-corrected chi connectivity index (χ2v) is 13.4. The molecule has 8 aromatic rings. The molecule has 0 saturated carbocycles. The van der Waals surface area contributed by atoms with Gasteiger partial charge in [0.1, 0.15) is 0 Å². The van der Waals surface area contributed by atoms with Crippen molar-refractivity contribution in [2.24, 2.45) is 0 Å². The molecule has 9 rings (SSSR count). The van der Waals surface area contributed by atoms with Gasteiger partial charge in [0.05, 0.1) is 11.4 Å². The number of nitrogens with zero attached hydrogens (tertiary/aromatic N) is 2. The van der Waals surface area contributed by atoms with Crippen molar-refractivity contribution in [3.63, 3.8) is 0 Å². The molecule has 2 heteroatoms. The zero-order chi connectivity index (χ0) is 33.0. The predicted molar refractivity (Wildman–Crippen MR) is 204 cm³/mol. The number of rotatable bonds is 5. The first-order valence-corrected chi connectivity index (χ1v) is 16.9. The van der Waals surface area contributed by atoms with Crippen molar-refractivity contribution in [3.05, 3.63) is 181 Å². The monoisotopic (exact) mass is 626 g/mol. The summed E-state index contributed by atoms with van der Waals surface area (Å²) in [5.74, 6) is 0.714. The largest absolute Gasteiger partial charge is 0.228 e. The van der Waals surface area contributed by atoms with Crippen LogP contribution >= 0.6 is 0 Å². The summed E-state index contributed by atoms with van der Waals surface area (Å²) in [6.07, 6.45) is 0. The Morgan fingerprint density at radius 2 is 0.959 bits per heavy atom. The van der Waals surface area contributed by atoms with Gasteiger partial charge in [0, 0.05) is 22.1 Å². The van der Waals surface area contributed by atoms with E-state index in [2.05, 4.69) is 166 Å². The van der Waals surface area contributed by atoms with Gasteiger partial charge in [-0.2, -0.15) is 0 Å². The lowest BCUT2D eigenvalue weighted by Crippen LogP contribution is -2.15. The third-order valence-electron chi connectivity index (χ3n) is 10.0. The highest BCUT2D eigenvalue weighted by molar-refractivity contribution is 6.05. The van der Waals surface area contributed by atoms with Crippen LogP contribution in [0, 0.1) is 0 Å². The Bertz CT molecular complexity index is 2510. The third-order valence-corrected chi connectivity index (χ3v) is 10.0. The summed E-state index contributed by atoms with van der Waals surface area (Å²) < 4.78 is 0. The van der Waals surface area contributed by atoms with E-state index >= 15 is 0 Å². The molecule has 1 aliphatic carbocycles. The van der Waals surface area contributed by atoms with Crippen molar-refractivity contribution in [2.75, 3.05) is 0 Å². The second kappa shape index (κ2) is 11.5. The van der Waals surface area contributed by atoms with Gasteiger partial charge in [0.2, 0.25) is 0 Å². The molecule has 0 amide bonds. The summed E-state index contributed by atoms with van der Waals surface area (Å²) in [5, 5.41) is 2.58. The standard InChI is InChI=1S/C47H34N2/c1-47(2)41-26-12-11-25-39(41)44-40(29-35-19-9-10-24-38(35)45(44)47)34-21-14-23-37(28-34)43-30-42(48-46(49-43)32-17-7-4-8-18-32)36-22-13-20-33(27-36)31-15-5-3-6-16-31/h3-30H,1-2H3. The van der Waals surface area contributed by atoms with E-state index in [4.69, 9.17) is 9.97 Å². The Kier molecular flexibility index (Phi) is 6.84. The van der Waals surface area contributed by atoms with E-state index in [1.165, 1.54) is 49.7 Å². The van der Waals surface area contributed by atoms with E-state index in [-0.39, 0.29) is 5.41 Å². The van der Waals surface area contributed by atoms with Crippen LogP contribution in [0.1, 0.15) is 25.0 Å². The molecule has 1 aromatic heterocycles. The van der Waals surface area contributed by atoms with E-state index in [1.807, 2.05) is 18.2 Å². The van der Waals surface area contributed by atoms with E-state index in [9.17, 15) is 0 Å². The molecule has 0 fully saturated rings. The molecule has 0 bridgehead atoms. The van der Waals surface area contributed by atoms with Gasteiger partial charge >= 0.3 is 0 Å². The van der Waals surface area contributed by atoms with Gasteiger partial charge in [-0.25, -0.2) is 9.97 Å². The minimum Gasteiger partial charge on any atom is -0.228 e. The quantitative estimate of drug-likeness (QED) is 0.190. The van der Waals surface area contributed by atoms with Gasteiger partial charge in [-0.3, -0.25) is 0 Å². The smallest absolute Gasteiger partial charge is 0.160 e. The van der Waals surface area contributed by atoms with Gasteiger partial charge in [-0.05, 0) is 79.5 Å². The molecule has 1 heterocycles. The van der Waals surface area contributed by atoms with E-state index in [0.717, 1.165) is 33.6 Å². The summed E-state index contributed by atoms with van der Waals surface area (Å²) in [6, 6.07) is 60.6. The molecule has 0 spiro atoms. The molecule has 7 aromatic carbocycles. The molecular weight excluding hydrogens is 593 g/mol. The molecule has 2 nitrogen and oxygen atoms in total. The first-order chi connectivity index (χ1) is 24.0. The van der Waals surface area contributed by atoms with Crippen molar-refractivity contribution in [1.82, 2.24) is 9.97 Å². The summed E-state index contributed by atoms with van der Waals surface area (Å²) >= 11 is 0. The van der Waals surface area contributed by atoms with Crippen LogP contribution in [0.3, 0.4) is 0 Å². The first kappa shape index (κ1) is 29.1. The van der Waals surface area contributed by atoms with Crippen LogP contribution in [-0.2, 0) is 5.41 Å². The van der Waals surface area contributed by atoms with Crippen LogP contribution in [0.5, 0.6) is 0 Å². The number of benzene rings is 7. The Labute approximate surface area is 287 Å². The fourth-order valence-electron chi connectivity index (χ4n) is 7.68. The fourth-order valence-corrected chi connectivity index (χ4v) is 7.68. The topological polar surface area (TPSA) is 25.8 Å². The van der Waals surface area contributed by atoms with Crippen LogP contribution in [-0.4, -0.2) is 9.97 Å². The lowest BCUT2D eigenvalue weighted by Gasteiger charge is -2.24. The van der Waals surface area contributed by atoms with Crippen LogP contribution in [0.15, 0.2) is 170 Å². The molecule has 232 valence electrons. The lowest BCUT2D eigenvalue weighted by atomic mass is 9.79. The minimum atomic E-state index is -0.112. The Balaban J connectivity index is 1.23. The molecule has 0 N–H and O–H groups in total. The normalized spacial score (nSPS) is 12.9. The molecule has 0 aliphatic heterocycles. The van der Waals surface area contributed by atoms with Crippen LogP contribution in [0.25, 0.3) is 78.1 Å². The molecule has 0 unspecified atom stereocenters. The summed E-state index contributed by atoms with van der Waals surface area (Å²) in [7, 11) is 0. The average Bonchev–Trinajstić information content (AvgIpc) is 3.42. The molecule has 49 heavy (non-hydrogen) atoms.